The smallest absolute Gasteiger partial charge is 0.210 e. The van der Waals surface area contributed by atoms with Gasteiger partial charge in [0.05, 0.1) is 4.88 Å². The van der Waals surface area contributed by atoms with E-state index in [1.807, 2.05) is 0 Å². The van der Waals surface area contributed by atoms with Crippen molar-refractivity contribution in [1.29, 1.82) is 0 Å². The maximum absolute atomic E-state index is 13.4. The van der Waals surface area contributed by atoms with Crippen molar-refractivity contribution < 1.29 is 26.7 Å². The molecule has 0 amide bonds. The second-order valence-corrected chi connectivity index (χ2v) is 5.14. The molecule has 0 unspecified atom stereocenters. The van der Waals surface area contributed by atoms with Crippen LogP contribution in [0.4, 0.5) is 22.0 Å². The van der Waals surface area contributed by atoms with E-state index in [1.54, 1.807) is 0 Å². The number of hydrogen-bond acceptors (Lipinski definition) is 2. The number of rotatable bonds is 2. The summed E-state index contributed by atoms with van der Waals surface area (Å²) in [6.45, 7) is 0. The Morgan fingerprint density at radius 1 is 0.947 bits per heavy atom. The van der Waals surface area contributed by atoms with Gasteiger partial charge in [0, 0.05) is 4.47 Å². The Morgan fingerprint density at radius 2 is 1.42 bits per heavy atom. The third-order valence-electron chi connectivity index (χ3n) is 2.26. The summed E-state index contributed by atoms with van der Waals surface area (Å²) < 4.78 is 65.9. The number of benzene rings is 1. The van der Waals surface area contributed by atoms with Gasteiger partial charge in [-0.2, -0.15) is 0 Å². The largest absolute Gasteiger partial charge is 0.287 e. The van der Waals surface area contributed by atoms with Gasteiger partial charge in [-0.1, -0.05) is 0 Å². The number of ketones is 1. The lowest BCUT2D eigenvalue weighted by Crippen LogP contribution is -2.13. The standard InChI is InChI=1S/C11H2BrF5OS/c12-3-1-2-19-11(3)10(18)4-5(13)7(15)9(17)8(16)6(4)14/h1-2H. The lowest BCUT2D eigenvalue weighted by atomic mass is 10.1. The summed E-state index contributed by atoms with van der Waals surface area (Å²) in [7, 11) is 0. The highest BCUT2D eigenvalue weighted by Crippen LogP contribution is 2.30. The number of carbonyl (C=O) groups is 1. The van der Waals surface area contributed by atoms with E-state index < -0.39 is 40.4 Å². The minimum absolute atomic E-state index is 0.150. The van der Waals surface area contributed by atoms with Crippen LogP contribution in [0.15, 0.2) is 15.9 Å². The van der Waals surface area contributed by atoms with Crippen LogP contribution in [0.3, 0.4) is 0 Å². The van der Waals surface area contributed by atoms with Gasteiger partial charge in [0.25, 0.3) is 0 Å². The molecule has 0 spiro atoms. The first kappa shape index (κ1) is 14.1. The summed E-state index contributed by atoms with van der Waals surface area (Å²) in [6.07, 6.45) is 0. The number of thiophene rings is 1. The molecule has 0 radical (unpaired) electrons. The number of hydrogen-bond donors (Lipinski definition) is 0. The fraction of sp³-hybridized carbons (Fsp3) is 0. The van der Waals surface area contributed by atoms with Crippen LogP contribution in [-0.4, -0.2) is 5.78 Å². The summed E-state index contributed by atoms with van der Waals surface area (Å²) in [6, 6.07) is 1.42. The van der Waals surface area contributed by atoms with E-state index in [0.29, 0.717) is 0 Å². The van der Waals surface area contributed by atoms with E-state index in [-0.39, 0.29) is 9.35 Å². The highest BCUT2D eigenvalue weighted by atomic mass is 79.9. The monoisotopic (exact) mass is 356 g/mol. The highest BCUT2D eigenvalue weighted by Gasteiger charge is 2.31. The molecular weight excluding hydrogens is 355 g/mol. The van der Waals surface area contributed by atoms with Gasteiger partial charge < -0.3 is 0 Å². The van der Waals surface area contributed by atoms with E-state index in [0.717, 1.165) is 11.3 Å². The Morgan fingerprint density at radius 3 is 1.84 bits per heavy atom. The number of halogens is 6. The normalized spacial score (nSPS) is 10.8. The second kappa shape index (κ2) is 5.01. The predicted molar refractivity (Wildman–Crippen MR) is 61.7 cm³/mol. The predicted octanol–water partition coefficient (Wildman–Crippen LogP) is 4.44. The Balaban J connectivity index is 2.71. The molecule has 19 heavy (non-hydrogen) atoms. The van der Waals surface area contributed by atoms with Crippen molar-refractivity contribution in [2.75, 3.05) is 0 Å². The summed E-state index contributed by atoms with van der Waals surface area (Å²) in [5, 5.41) is 1.43. The second-order valence-electron chi connectivity index (χ2n) is 3.37. The first-order valence-electron chi connectivity index (χ1n) is 4.65. The van der Waals surface area contributed by atoms with Crippen molar-refractivity contribution in [3.05, 3.63) is 55.4 Å². The van der Waals surface area contributed by atoms with Gasteiger partial charge in [0.2, 0.25) is 11.6 Å². The molecule has 0 saturated carbocycles. The molecule has 2 rings (SSSR count). The average molecular weight is 357 g/mol. The molecule has 0 atom stereocenters. The van der Waals surface area contributed by atoms with Crippen LogP contribution >= 0.6 is 27.3 Å². The summed E-state index contributed by atoms with van der Waals surface area (Å²) in [5.41, 5.74) is -1.46. The molecule has 0 aliphatic rings. The Bertz CT molecular complexity index is 653. The van der Waals surface area contributed by atoms with Gasteiger partial charge in [-0.15, -0.1) is 11.3 Å². The molecule has 0 bridgehead atoms. The maximum Gasteiger partial charge on any atom is 0.210 e. The summed E-state index contributed by atoms with van der Waals surface area (Å²) >= 11 is 3.77. The minimum atomic E-state index is -2.29. The van der Waals surface area contributed by atoms with Crippen molar-refractivity contribution in [1.82, 2.24) is 0 Å². The van der Waals surface area contributed by atoms with Crippen LogP contribution in [0.2, 0.25) is 0 Å². The van der Waals surface area contributed by atoms with Gasteiger partial charge in [-0.25, -0.2) is 22.0 Å². The topological polar surface area (TPSA) is 17.1 Å². The number of carbonyl (C=O) groups excluding carboxylic acids is 1. The summed E-state index contributed by atoms with van der Waals surface area (Å²) in [4.78, 5) is 11.7. The molecule has 0 aliphatic carbocycles. The van der Waals surface area contributed by atoms with E-state index >= 15 is 0 Å². The van der Waals surface area contributed by atoms with Gasteiger partial charge >= 0.3 is 0 Å². The van der Waals surface area contributed by atoms with Gasteiger partial charge in [0.1, 0.15) is 5.56 Å². The minimum Gasteiger partial charge on any atom is -0.287 e. The lowest BCUT2D eigenvalue weighted by Gasteiger charge is -2.06. The molecule has 1 aromatic heterocycles. The van der Waals surface area contributed by atoms with Crippen molar-refractivity contribution in [3.8, 4) is 0 Å². The zero-order chi connectivity index (χ0) is 14.3. The van der Waals surface area contributed by atoms with Crippen molar-refractivity contribution in [2.45, 2.75) is 0 Å². The van der Waals surface area contributed by atoms with Crippen LogP contribution in [-0.2, 0) is 0 Å². The van der Waals surface area contributed by atoms with Gasteiger partial charge in [-0.05, 0) is 27.4 Å². The van der Waals surface area contributed by atoms with Gasteiger partial charge in [0.15, 0.2) is 23.3 Å². The van der Waals surface area contributed by atoms with Crippen molar-refractivity contribution in [3.63, 3.8) is 0 Å². The third-order valence-corrected chi connectivity index (χ3v) is 4.10. The fourth-order valence-corrected chi connectivity index (χ4v) is 2.87. The molecule has 8 heteroatoms. The average Bonchev–Trinajstić information content (AvgIpc) is 2.80. The molecular formula is C11H2BrF5OS. The van der Waals surface area contributed by atoms with E-state index in [9.17, 15) is 26.7 Å². The van der Waals surface area contributed by atoms with Crippen molar-refractivity contribution in [2.24, 2.45) is 0 Å². The maximum atomic E-state index is 13.4. The zero-order valence-corrected chi connectivity index (χ0v) is 11.1. The molecule has 0 aliphatic heterocycles. The molecule has 2 aromatic rings. The van der Waals surface area contributed by atoms with E-state index in [2.05, 4.69) is 15.9 Å². The van der Waals surface area contributed by atoms with Crippen LogP contribution < -0.4 is 0 Å². The molecule has 1 heterocycles. The van der Waals surface area contributed by atoms with Crippen LogP contribution in [0.1, 0.15) is 15.2 Å². The first-order chi connectivity index (χ1) is 8.86. The van der Waals surface area contributed by atoms with Gasteiger partial charge in [-0.3, -0.25) is 4.79 Å². The van der Waals surface area contributed by atoms with Crippen LogP contribution in [0, 0.1) is 29.1 Å². The Kier molecular flexibility index (Phi) is 3.73. The third kappa shape index (κ3) is 2.18. The Hall–Kier alpha value is -1.28. The molecule has 0 N–H and O–H groups in total. The Labute approximate surface area is 115 Å². The summed E-state index contributed by atoms with van der Waals surface area (Å²) in [5.74, 6) is -12.1. The molecule has 0 saturated heterocycles. The molecule has 1 nitrogen and oxygen atoms in total. The zero-order valence-electron chi connectivity index (χ0n) is 8.74. The first-order valence-corrected chi connectivity index (χ1v) is 6.32. The lowest BCUT2D eigenvalue weighted by molar-refractivity contribution is 0.103. The van der Waals surface area contributed by atoms with E-state index in [4.69, 9.17) is 0 Å². The highest BCUT2D eigenvalue weighted by molar-refractivity contribution is 9.10. The van der Waals surface area contributed by atoms with Crippen LogP contribution in [0.5, 0.6) is 0 Å². The quantitative estimate of drug-likeness (QED) is 0.336. The van der Waals surface area contributed by atoms with Crippen molar-refractivity contribution >= 4 is 33.0 Å². The molecule has 0 fully saturated rings. The molecule has 100 valence electrons. The SMILES string of the molecule is O=C(c1sccc1Br)c1c(F)c(F)c(F)c(F)c1F. The van der Waals surface area contributed by atoms with E-state index in [1.165, 1.54) is 11.4 Å². The molecule has 1 aromatic carbocycles. The van der Waals surface area contributed by atoms with Crippen LogP contribution in [0.25, 0.3) is 0 Å². The fourth-order valence-electron chi connectivity index (χ4n) is 1.37.